The number of rotatable bonds is 6. The van der Waals surface area contributed by atoms with Gasteiger partial charge in [0.1, 0.15) is 5.82 Å². The molecule has 21 heavy (non-hydrogen) atoms. The number of pyridine rings is 1. The molecule has 0 atom stereocenters. The quantitative estimate of drug-likeness (QED) is 0.615. The molecule has 1 saturated carbocycles. The van der Waals surface area contributed by atoms with Gasteiger partial charge in [0.15, 0.2) is 0 Å². The van der Waals surface area contributed by atoms with Crippen LogP contribution in [0.15, 0.2) is 12.1 Å². The van der Waals surface area contributed by atoms with Crippen molar-refractivity contribution < 1.29 is 4.92 Å². The predicted octanol–water partition coefficient (Wildman–Crippen LogP) is 3.80. The van der Waals surface area contributed by atoms with Crippen LogP contribution in [0, 0.1) is 15.5 Å². The molecule has 1 aromatic heterocycles. The van der Waals surface area contributed by atoms with Gasteiger partial charge in [-0.1, -0.05) is 26.2 Å². The summed E-state index contributed by atoms with van der Waals surface area (Å²) >= 11 is 0. The van der Waals surface area contributed by atoms with E-state index < -0.39 is 0 Å². The zero-order valence-corrected chi connectivity index (χ0v) is 12.8. The summed E-state index contributed by atoms with van der Waals surface area (Å²) in [6.45, 7) is 5.69. The van der Waals surface area contributed by atoms with Crippen molar-refractivity contribution in [2.45, 2.75) is 46.0 Å². The van der Waals surface area contributed by atoms with E-state index in [1.165, 1.54) is 38.2 Å². The van der Waals surface area contributed by atoms with Crippen LogP contribution in [0.2, 0.25) is 0 Å². The summed E-state index contributed by atoms with van der Waals surface area (Å²) < 4.78 is 0. The number of hydrogen-bond acceptors (Lipinski definition) is 5. The zero-order chi connectivity index (χ0) is 15.3. The molecule has 1 aliphatic rings. The maximum Gasteiger partial charge on any atom is 0.311 e. The van der Waals surface area contributed by atoms with Crippen LogP contribution in [-0.4, -0.2) is 23.0 Å². The number of nitrogens with one attached hydrogen (secondary N) is 2. The molecule has 6 nitrogen and oxygen atoms in total. The van der Waals surface area contributed by atoms with Gasteiger partial charge in [0, 0.05) is 19.2 Å². The molecule has 0 aliphatic heterocycles. The van der Waals surface area contributed by atoms with Gasteiger partial charge < -0.3 is 10.6 Å². The van der Waals surface area contributed by atoms with E-state index in [0.717, 1.165) is 13.1 Å². The molecule has 0 radical (unpaired) electrons. The third-order valence-corrected chi connectivity index (χ3v) is 4.17. The Morgan fingerprint density at radius 3 is 2.62 bits per heavy atom. The largest absolute Gasteiger partial charge is 0.370 e. The van der Waals surface area contributed by atoms with Gasteiger partial charge in [-0.25, -0.2) is 4.98 Å². The fourth-order valence-corrected chi connectivity index (χ4v) is 2.89. The van der Waals surface area contributed by atoms with Crippen LogP contribution in [0.4, 0.5) is 17.3 Å². The Balaban J connectivity index is 2.12. The molecule has 0 amide bonds. The molecule has 116 valence electrons. The number of nitrogens with zero attached hydrogens (tertiary/aromatic N) is 2. The molecule has 0 saturated heterocycles. The first-order valence-electron chi connectivity index (χ1n) is 7.67. The maximum absolute atomic E-state index is 11.1. The lowest BCUT2D eigenvalue weighted by Gasteiger charge is -2.33. The van der Waals surface area contributed by atoms with Gasteiger partial charge in [0.05, 0.1) is 4.92 Å². The third kappa shape index (κ3) is 4.06. The summed E-state index contributed by atoms with van der Waals surface area (Å²) in [5, 5.41) is 17.4. The topological polar surface area (TPSA) is 80.1 Å². The number of aromatic nitrogens is 1. The molecule has 6 heteroatoms. The monoisotopic (exact) mass is 292 g/mol. The summed E-state index contributed by atoms with van der Waals surface area (Å²) in [4.78, 5) is 15.1. The first-order chi connectivity index (χ1) is 10.0. The second kappa shape index (κ2) is 6.74. The molecule has 0 spiro atoms. The lowest BCUT2D eigenvalue weighted by molar-refractivity contribution is -0.384. The van der Waals surface area contributed by atoms with E-state index in [2.05, 4.69) is 22.5 Å². The maximum atomic E-state index is 11.1. The Morgan fingerprint density at radius 1 is 1.29 bits per heavy atom. The fourth-order valence-electron chi connectivity index (χ4n) is 2.89. The fraction of sp³-hybridized carbons (Fsp3) is 0.667. The van der Waals surface area contributed by atoms with Crippen molar-refractivity contribution in [1.29, 1.82) is 0 Å². The van der Waals surface area contributed by atoms with E-state index in [1.807, 2.05) is 6.92 Å². The molecule has 1 aliphatic carbocycles. The molecule has 1 fully saturated rings. The van der Waals surface area contributed by atoms with Crippen molar-refractivity contribution in [2.24, 2.45) is 5.41 Å². The highest BCUT2D eigenvalue weighted by Gasteiger charge is 2.27. The Hall–Kier alpha value is -1.85. The van der Waals surface area contributed by atoms with E-state index in [9.17, 15) is 10.1 Å². The Labute approximate surface area is 125 Å². The molecule has 1 heterocycles. The average Bonchev–Trinajstić information content (AvgIpc) is 2.46. The van der Waals surface area contributed by atoms with Gasteiger partial charge in [0.2, 0.25) is 5.82 Å². The van der Waals surface area contributed by atoms with E-state index in [-0.39, 0.29) is 16.0 Å². The Morgan fingerprint density at radius 2 is 2.00 bits per heavy atom. The summed E-state index contributed by atoms with van der Waals surface area (Å²) in [7, 11) is 0. The molecular formula is C15H24N4O2. The SMILES string of the molecule is CCNc1ccc([N+](=O)[O-])c(NCC2(C)CCCCC2)n1. The van der Waals surface area contributed by atoms with Crippen molar-refractivity contribution >= 4 is 17.3 Å². The minimum absolute atomic E-state index is 0.0380. The van der Waals surface area contributed by atoms with Crippen molar-refractivity contribution in [2.75, 3.05) is 23.7 Å². The number of hydrogen-bond donors (Lipinski definition) is 2. The lowest BCUT2D eigenvalue weighted by atomic mass is 9.76. The smallest absolute Gasteiger partial charge is 0.311 e. The first-order valence-corrected chi connectivity index (χ1v) is 7.67. The molecule has 0 bridgehead atoms. The van der Waals surface area contributed by atoms with Crippen LogP contribution in [0.25, 0.3) is 0 Å². The van der Waals surface area contributed by atoms with E-state index in [4.69, 9.17) is 0 Å². The van der Waals surface area contributed by atoms with Crippen LogP contribution < -0.4 is 10.6 Å². The highest BCUT2D eigenvalue weighted by Crippen LogP contribution is 2.36. The summed E-state index contributed by atoms with van der Waals surface area (Å²) in [5.74, 6) is 1.03. The number of nitro groups is 1. The Kier molecular flexibility index (Phi) is 4.98. The standard InChI is InChI=1S/C15H24N4O2/c1-3-16-13-8-7-12(19(20)21)14(18-13)17-11-15(2)9-5-4-6-10-15/h7-8H,3-6,9-11H2,1-2H3,(H2,16,17,18). The molecular weight excluding hydrogens is 268 g/mol. The predicted molar refractivity (Wildman–Crippen MR) is 84.7 cm³/mol. The molecule has 0 aromatic carbocycles. The second-order valence-electron chi connectivity index (χ2n) is 6.08. The zero-order valence-electron chi connectivity index (χ0n) is 12.8. The van der Waals surface area contributed by atoms with Crippen LogP contribution in [0.3, 0.4) is 0 Å². The van der Waals surface area contributed by atoms with Crippen molar-refractivity contribution in [3.8, 4) is 0 Å². The van der Waals surface area contributed by atoms with E-state index in [1.54, 1.807) is 6.07 Å². The summed E-state index contributed by atoms with van der Waals surface area (Å²) in [5.41, 5.74) is 0.248. The van der Waals surface area contributed by atoms with Crippen LogP contribution >= 0.6 is 0 Å². The van der Waals surface area contributed by atoms with Crippen LogP contribution in [0.5, 0.6) is 0 Å². The van der Waals surface area contributed by atoms with Crippen LogP contribution in [0.1, 0.15) is 46.0 Å². The van der Waals surface area contributed by atoms with Gasteiger partial charge in [-0.2, -0.15) is 0 Å². The summed E-state index contributed by atoms with van der Waals surface area (Å²) in [6, 6.07) is 3.16. The minimum Gasteiger partial charge on any atom is -0.370 e. The molecule has 2 rings (SSSR count). The summed E-state index contributed by atoms with van der Waals surface area (Å²) in [6.07, 6.45) is 6.11. The van der Waals surface area contributed by atoms with E-state index >= 15 is 0 Å². The van der Waals surface area contributed by atoms with Gasteiger partial charge >= 0.3 is 5.69 Å². The average molecular weight is 292 g/mol. The normalized spacial score (nSPS) is 17.2. The highest BCUT2D eigenvalue weighted by molar-refractivity contribution is 5.60. The first kappa shape index (κ1) is 15.5. The van der Waals surface area contributed by atoms with Crippen molar-refractivity contribution in [3.63, 3.8) is 0 Å². The Bertz CT molecular complexity index is 498. The third-order valence-electron chi connectivity index (χ3n) is 4.17. The van der Waals surface area contributed by atoms with Crippen molar-refractivity contribution in [3.05, 3.63) is 22.2 Å². The van der Waals surface area contributed by atoms with Crippen molar-refractivity contribution in [1.82, 2.24) is 4.98 Å². The van der Waals surface area contributed by atoms with Gasteiger partial charge in [-0.3, -0.25) is 10.1 Å². The van der Waals surface area contributed by atoms with Crippen LogP contribution in [-0.2, 0) is 0 Å². The van der Waals surface area contributed by atoms with Gasteiger partial charge in [-0.05, 0) is 31.2 Å². The number of anilines is 2. The van der Waals surface area contributed by atoms with Gasteiger partial charge in [-0.15, -0.1) is 0 Å². The second-order valence-corrected chi connectivity index (χ2v) is 6.08. The molecule has 2 N–H and O–H groups in total. The molecule has 1 aromatic rings. The molecule has 0 unspecified atom stereocenters. The van der Waals surface area contributed by atoms with E-state index in [0.29, 0.717) is 11.6 Å². The lowest BCUT2D eigenvalue weighted by Crippen LogP contribution is -2.29. The minimum atomic E-state index is -0.381. The highest BCUT2D eigenvalue weighted by atomic mass is 16.6. The van der Waals surface area contributed by atoms with Gasteiger partial charge in [0.25, 0.3) is 0 Å².